The minimum Gasteiger partial charge on any atom is -0.459 e. The van der Waals surface area contributed by atoms with Crippen LogP contribution in [0.4, 0.5) is 11.4 Å². The molecule has 5 nitrogen and oxygen atoms in total. The summed E-state index contributed by atoms with van der Waals surface area (Å²) in [5.74, 6) is -0.395. The average molecular weight is 413 g/mol. The fourth-order valence-electron chi connectivity index (χ4n) is 2.45. The second-order valence-electron chi connectivity index (χ2n) is 5.87. The Labute approximate surface area is 159 Å². The van der Waals surface area contributed by atoms with Crippen molar-refractivity contribution in [3.8, 4) is 0 Å². The molecule has 2 N–H and O–H groups in total. The van der Waals surface area contributed by atoms with Crippen molar-refractivity contribution in [2.75, 3.05) is 10.6 Å². The van der Waals surface area contributed by atoms with Crippen molar-refractivity contribution in [2.45, 2.75) is 13.8 Å². The number of amides is 2. The number of furan rings is 1. The number of nitrogens with one attached hydrogen (secondary N) is 2. The number of carbonyl (C=O) groups excluding carboxylic acids is 2. The molecule has 0 aliphatic rings. The maximum Gasteiger partial charge on any atom is 0.291 e. The molecule has 2 amide bonds. The molecule has 3 aromatic rings. The van der Waals surface area contributed by atoms with E-state index in [9.17, 15) is 9.59 Å². The Bertz CT molecular complexity index is 965. The molecule has 0 aliphatic carbocycles. The lowest BCUT2D eigenvalue weighted by Crippen LogP contribution is -2.15. The van der Waals surface area contributed by atoms with Gasteiger partial charge in [0.25, 0.3) is 11.8 Å². The van der Waals surface area contributed by atoms with Crippen LogP contribution in [0.2, 0.25) is 0 Å². The third kappa shape index (κ3) is 4.03. The maximum atomic E-state index is 12.6. The molecule has 0 saturated heterocycles. The van der Waals surface area contributed by atoms with Crippen molar-refractivity contribution in [1.82, 2.24) is 0 Å². The molecule has 3 rings (SSSR count). The quantitative estimate of drug-likeness (QED) is 0.621. The number of carbonyl (C=O) groups is 2. The van der Waals surface area contributed by atoms with Crippen molar-refractivity contribution < 1.29 is 14.0 Å². The Balaban J connectivity index is 1.80. The van der Waals surface area contributed by atoms with Crippen LogP contribution in [-0.2, 0) is 0 Å². The molecular formula is C20H17BrN2O3. The Hall–Kier alpha value is -2.86. The fourth-order valence-corrected chi connectivity index (χ4v) is 2.93. The summed E-state index contributed by atoms with van der Waals surface area (Å²) >= 11 is 3.40. The third-order valence-corrected chi connectivity index (χ3v) is 4.42. The number of aryl methyl sites for hydroxylation is 2. The Kier molecular flexibility index (Phi) is 5.23. The van der Waals surface area contributed by atoms with Gasteiger partial charge in [0.15, 0.2) is 5.76 Å². The van der Waals surface area contributed by atoms with Gasteiger partial charge >= 0.3 is 0 Å². The first kappa shape index (κ1) is 17.9. The topological polar surface area (TPSA) is 71.3 Å². The van der Waals surface area contributed by atoms with Crippen LogP contribution >= 0.6 is 15.9 Å². The van der Waals surface area contributed by atoms with E-state index in [1.807, 2.05) is 32.0 Å². The third-order valence-electron chi connectivity index (χ3n) is 3.93. The number of halogens is 1. The van der Waals surface area contributed by atoms with Gasteiger partial charge in [0.1, 0.15) is 0 Å². The largest absolute Gasteiger partial charge is 0.459 e. The van der Waals surface area contributed by atoms with Crippen LogP contribution in [0.3, 0.4) is 0 Å². The minimum absolute atomic E-state index is 0.213. The molecule has 0 fully saturated rings. The van der Waals surface area contributed by atoms with Gasteiger partial charge in [-0.3, -0.25) is 9.59 Å². The van der Waals surface area contributed by atoms with Gasteiger partial charge in [-0.2, -0.15) is 0 Å². The molecule has 1 heterocycles. The van der Waals surface area contributed by atoms with E-state index in [1.54, 1.807) is 30.3 Å². The van der Waals surface area contributed by atoms with Crippen LogP contribution in [0.1, 0.15) is 32.0 Å². The monoisotopic (exact) mass is 412 g/mol. The van der Waals surface area contributed by atoms with Gasteiger partial charge in [-0.05, 0) is 67.4 Å². The van der Waals surface area contributed by atoms with Gasteiger partial charge < -0.3 is 15.1 Å². The Morgan fingerprint density at radius 3 is 2.35 bits per heavy atom. The van der Waals surface area contributed by atoms with Gasteiger partial charge in [-0.1, -0.05) is 22.0 Å². The molecular weight excluding hydrogens is 396 g/mol. The first-order valence-corrected chi connectivity index (χ1v) is 8.76. The normalized spacial score (nSPS) is 10.4. The van der Waals surface area contributed by atoms with Gasteiger partial charge in [0.05, 0.1) is 6.26 Å². The number of anilines is 2. The summed E-state index contributed by atoms with van der Waals surface area (Å²) in [5.41, 5.74) is 3.55. The maximum absolute atomic E-state index is 12.6. The predicted octanol–water partition coefficient (Wildman–Crippen LogP) is 5.16. The zero-order valence-corrected chi connectivity index (χ0v) is 15.9. The summed E-state index contributed by atoms with van der Waals surface area (Å²) < 4.78 is 6.04. The van der Waals surface area contributed by atoms with Crippen molar-refractivity contribution in [3.63, 3.8) is 0 Å². The molecule has 2 aromatic carbocycles. The van der Waals surface area contributed by atoms with E-state index < -0.39 is 0 Å². The van der Waals surface area contributed by atoms with E-state index in [-0.39, 0.29) is 17.6 Å². The highest BCUT2D eigenvalue weighted by Gasteiger charge is 2.13. The highest BCUT2D eigenvalue weighted by atomic mass is 79.9. The molecule has 26 heavy (non-hydrogen) atoms. The lowest BCUT2D eigenvalue weighted by molar-refractivity contribution is 0.0993. The number of hydrogen-bond acceptors (Lipinski definition) is 3. The lowest BCUT2D eigenvalue weighted by atomic mass is 10.1. The summed E-state index contributed by atoms with van der Waals surface area (Å²) in [7, 11) is 0. The van der Waals surface area contributed by atoms with Crippen molar-refractivity contribution in [3.05, 3.63) is 81.7 Å². The summed E-state index contributed by atoms with van der Waals surface area (Å²) in [4.78, 5) is 24.7. The van der Waals surface area contributed by atoms with Gasteiger partial charge in [0.2, 0.25) is 0 Å². The van der Waals surface area contributed by atoms with Crippen LogP contribution in [-0.4, -0.2) is 11.8 Å². The first-order chi connectivity index (χ1) is 12.4. The highest BCUT2D eigenvalue weighted by Crippen LogP contribution is 2.22. The lowest BCUT2D eigenvalue weighted by Gasteiger charge is -2.12. The molecule has 0 spiro atoms. The molecule has 132 valence electrons. The molecule has 0 atom stereocenters. The Morgan fingerprint density at radius 1 is 0.885 bits per heavy atom. The first-order valence-electron chi connectivity index (χ1n) is 7.97. The number of hydrogen-bond donors (Lipinski definition) is 2. The van der Waals surface area contributed by atoms with Crippen molar-refractivity contribution in [1.29, 1.82) is 0 Å². The van der Waals surface area contributed by atoms with E-state index in [0.717, 1.165) is 21.3 Å². The van der Waals surface area contributed by atoms with E-state index in [1.165, 1.54) is 6.26 Å². The molecule has 0 radical (unpaired) electrons. The second-order valence-corrected chi connectivity index (χ2v) is 6.79. The SMILES string of the molecule is Cc1cc(Br)ccc1NC(=O)c1ccc(C)c(NC(=O)c2ccco2)c1. The molecule has 6 heteroatoms. The van der Waals surface area contributed by atoms with Gasteiger partial charge in [-0.15, -0.1) is 0 Å². The standard InChI is InChI=1S/C20H17BrN2O3/c1-12-5-6-14(11-17(12)23-20(25)18-4-3-9-26-18)19(24)22-16-8-7-15(21)10-13(16)2/h3-11H,1-2H3,(H,22,24)(H,23,25). The average Bonchev–Trinajstić information content (AvgIpc) is 3.14. The van der Waals surface area contributed by atoms with Gasteiger partial charge in [-0.25, -0.2) is 0 Å². The molecule has 1 aromatic heterocycles. The highest BCUT2D eigenvalue weighted by molar-refractivity contribution is 9.10. The smallest absolute Gasteiger partial charge is 0.291 e. The fraction of sp³-hybridized carbons (Fsp3) is 0.100. The van der Waals surface area contributed by atoms with Crippen LogP contribution in [0.25, 0.3) is 0 Å². The number of rotatable bonds is 4. The predicted molar refractivity (Wildman–Crippen MR) is 105 cm³/mol. The number of benzene rings is 2. The van der Waals surface area contributed by atoms with Crippen LogP contribution in [0.15, 0.2) is 63.7 Å². The molecule has 0 bridgehead atoms. The molecule has 0 unspecified atom stereocenters. The summed E-state index contributed by atoms with van der Waals surface area (Å²) in [6, 6.07) is 14.0. The van der Waals surface area contributed by atoms with Crippen molar-refractivity contribution >= 4 is 39.1 Å². The Morgan fingerprint density at radius 2 is 1.65 bits per heavy atom. The summed E-state index contributed by atoms with van der Waals surface area (Å²) in [6.07, 6.45) is 1.44. The van der Waals surface area contributed by atoms with E-state index in [2.05, 4.69) is 26.6 Å². The van der Waals surface area contributed by atoms with E-state index >= 15 is 0 Å². The van der Waals surface area contributed by atoms with Crippen LogP contribution < -0.4 is 10.6 Å². The molecule has 0 aliphatic heterocycles. The summed E-state index contributed by atoms with van der Waals surface area (Å²) in [6.45, 7) is 3.78. The van der Waals surface area contributed by atoms with E-state index in [0.29, 0.717) is 11.3 Å². The summed E-state index contributed by atoms with van der Waals surface area (Å²) in [5, 5.41) is 5.66. The minimum atomic E-state index is -0.362. The second kappa shape index (κ2) is 7.58. The van der Waals surface area contributed by atoms with E-state index in [4.69, 9.17) is 4.42 Å². The van der Waals surface area contributed by atoms with Crippen LogP contribution in [0, 0.1) is 13.8 Å². The van der Waals surface area contributed by atoms with Crippen LogP contribution in [0.5, 0.6) is 0 Å². The van der Waals surface area contributed by atoms with Gasteiger partial charge in [0, 0.05) is 21.4 Å². The molecule has 0 saturated carbocycles. The zero-order chi connectivity index (χ0) is 18.7. The zero-order valence-electron chi connectivity index (χ0n) is 14.3. The van der Waals surface area contributed by atoms with Crippen molar-refractivity contribution in [2.24, 2.45) is 0 Å².